The van der Waals surface area contributed by atoms with Gasteiger partial charge < -0.3 is 9.88 Å². The molecule has 0 bridgehead atoms. The van der Waals surface area contributed by atoms with Crippen molar-refractivity contribution in [2.45, 2.75) is 39.2 Å². The molecule has 0 radical (unpaired) electrons. The van der Waals surface area contributed by atoms with Gasteiger partial charge >= 0.3 is 0 Å². The number of fused-ring (bicyclic) bond motifs is 1. The Bertz CT molecular complexity index is 960. The number of amides is 1. The van der Waals surface area contributed by atoms with Crippen molar-refractivity contribution in [1.29, 1.82) is 0 Å². The average Bonchev–Trinajstić information content (AvgIpc) is 3.02. The van der Waals surface area contributed by atoms with E-state index >= 15 is 0 Å². The fourth-order valence-electron chi connectivity index (χ4n) is 3.25. The van der Waals surface area contributed by atoms with Gasteiger partial charge in [-0.1, -0.05) is 42.3 Å². The van der Waals surface area contributed by atoms with E-state index in [1.54, 1.807) is 24.3 Å². The number of nitrogens with one attached hydrogen (secondary N) is 1. The molecule has 4 nitrogen and oxygen atoms in total. The van der Waals surface area contributed by atoms with Crippen molar-refractivity contribution < 1.29 is 4.79 Å². The van der Waals surface area contributed by atoms with Crippen molar-refractivity contribution >= 4 is 28.5 Å². The minimum atomic E-state index is -0.0556. The molecule has 0 fully saturated rings. The molecule has 0 unspecified atom stereocenters. The summed E-state index contributed by atoms with van der Waals surface area (Å²) in [6.45, 7) is 7.56. The largest absolute Gasteiger partial charge is 0.352 e. The molecule has 0 saturated heterocycles. The van der Waals surface area contributed by atoms with Crippen molar-refractivity contribution in [3.8, 4) is 0 Å². The predicted octanol–water partition coefficient (Wildman–Crippen LogP) is 5.41. The van der Waals surface area contributed by atoms with Crippen molar-refractivity contribution in [3.05, 3.63) is 77.1 Å². The van der Waals surface area contributed by atoms with Crippen LogP contribution in [0.2, 0.25) is 5.02 Å². The summed E-state index contributed by atoms with van der Waals surface area (Å²) >= 11 is 5.85. The SMILES string of the molecule is C=C(C)Cn1c(CCCCCNC(=O)c2ccc(Cl)cc2)nc2ccccc21. The van der Waals surface area contributed by atoms with Gasteiger partial charge in [-0.2, -0.15) is 0 Å². The summed E-state index contributed by atoms with van der Waals surface area (Å²) in [7, 11) is 0. The maximum Gasteiger partial charge on any atom is 0.251 e. The van der Waals surface area contributed by atoms with Gasteiger partial charge in [0.1, 0.15) is 5.82 Å². The average molecular weight is 396 g/mol. The Kier molecular flexibility index (Phi) is 6.88. The predicted molar refractivity (Wildman–Crippen MR) is 116 cm³/mol. The van der Waals surface area contributed by atoms with E-state index in [4.69, 9.17) is 16.6 Å². The van der Waals surface area contributed by atoms with Crippen LogP contribution < -0.4 is 5.32 Å². The molecule has 3 rings (SSSR count). The smallest absolute Gasteiger partial charge is 0.251 e. The van der Waals surface area contributed by atoms with E-state index in [1.165, 1.54) is 0 Å². The van der Waals surface area contributed by atoms with Crippen LogP contribution in [0.3, 0.4) is 0 Å². The first-order valence-corrected chi connectivity index (χ1v) is 10.0. The lowest BCUT2D eigenvalue weighted by atomic mass is 10.1. The summed E-state index contributed by atoms with van der Waals surface area (Å²) < 4.78 is 2.26. The molecule has 0 aliphatic rings. The van der Waals surface area contributed by atoms with E-state index in [9.17, 15) is 4.79 Å². The summed E-state index contributed by atoms with van der Waals surface area (Å²) in [5, 5.41) is 3.60. The molecule has 0 saturated carbocycles. The van der Waals surface area contributed by atoms with Crippen LogP contribution in [-0.2, 0) is 13.0 Å². The van der Waals surface area contributed by atoms with Gasteiger partial charge in [0.25, 0.3) is 5.91 Å². The first kappa shape index (κ1) is 20.2. The molecule has 0 aliphatic heterocycles. The summed E-state index contributed by atoms with van der Waals surface area (Å²) in [6.07, 6.45) is 3.95. The van der Waals surface area contributed by atoms with Crippen molar-refractivity contribution in [1.82, 2.24) is 14.9 Å². The maximum absolute atomic E-state index is 12.1. The number of hydrogen-bond donors (Lipinski definition) is 1. The molecular formula is C23H26ClN3O. The number of aromatic nitrogens is 2. The quantitative estimate of drug-likeness (QED) is 0.389. The van der Waals surface area contributed by atoms with Gasteiger partial charge in [0.2, 0.25) is 0 Å². The van der Waals surface area contributed by atoms with Crippen molar-refractivity contribution in [2.75, 3.05) is 6.54 Å². The summed E-state index contributed by atoms with van der Waals surface area (Å²) in [5.41, 5.74) is 3.96. The second-order valence-electron chi connectivity index (χ2n) is 7.13. The van der Waals surface area contributed by atoms with E-state index < -0.39 is 0 Å². The minimum absolute atomic E-state index is 0.0556. The zero-order valence-corrected chi connectivity index (χ0v) is 17.0. The Morgan fingerprint density at radius 2 is 1.86 bits per heavy atom. The number of imidazole rings is 1. The molecule has 3 aromatic rings. The molecule has 28 heavy (non-hydrogen) atoms. The van der Waals surface area contributed by atoms with Crippen LogP contribution >= 0.6 is 11.6 Å². The van der Waals surface area contributed by atoms with E-state index in [-0.39, 0.29) is 5.91 Å². The Morgan fingerprint density at radius 1 is 1.11 bits per heavy atom. The monoisotopic (exact) mass is 395 g/mol. The fraction of sp³-hybridized carbons (Fsp3) is 0.304. The van der Waals surface area contributed by atoms with Gasteiger partial charge in [0, 0.05) is 30.1 Å². The highest BCUT2D eigenvalue weighted by Crippen LogP contribution is 2.19. The molecule has 1 heterocycles. The molecule has 1 aromatic heterocycles. The number of carbonyl (C=O) groups excluding carboxylic acids is 1. The van der Waals surface area contributed by atoms with Crippen LogP contribution in [0, 0.1) is 0 Å². The molecule has 1 amide bonds. The first-order chi connectivity index (χ1) is 13.5. The Hall–Kier alpha value is -2.59. The Balaban J connectivity index is 1.47. The number of benzene rings is 2. The van der Waals surface area contributed by atoms with Gasteiger partial charge in [-0.15, -0.1) is 0 Å². The van der Waals surface area contributed by atoms with Crippen LogP contribution in [0.4, 0.5) is 0 Å². The molecular weight excluding hydrogens is 370 g/mol. The topological polar surface area (TPSA) is 46.9 Å². The van der Waals surface area contributed by atoms with E-state index in [0.29, 0.717) is 17.1 Å². The van der Waals surface area contributed by atoms with E-state index in [1.807, 2.05) is 19.1 Å². The third-order valence-electron chi connectivity index (χ3n) is 4.63. The highest BCUT2D eigenvalue weighted by atomic mass is 35.5. The summed E-state index contributed by atoms with van der Waals surface area (Å²) in [5.74, 6) is 1.05. The lowest BCUT2D eigenvalue weighted by Crippen LogP contribution is -2.24. The second-order valence-corrected chi connectivity index (χ2v) is 7.57. The maximum atomic E-state index is 12.1. The number of halogens is 1. The third kappa shape index (κ3) is 5.23. The number of carbonyl (C=O) groups is 1. The number of rotatable bonds is 9. The molecule has 0 aliphatic carbocycles. The zero-order valence-electron chi connectivity index (χ0n) is 16.2. The van der Waals surface area contributed by atoms with E-state index in [2.05, 4.69) is 28.6 Å². The van der Waals surface area contributed by atoms with Crippen LogP contribution in [0.15, 0.2) is 60.7 Å². The molecule has 146 valence electrons. The highest BCUT2D eigenvalue weighted by Gasteiger charge is 2.10. The van der Waals surface area contributed by atoms with E-state index in [0.717, 1.165) is 54.7 Å². The third-order valence-corrected chi connectivity index (χ3v) is 4.88. The molecule has 5 heteroatoms. The number of hydrogen-bond acceptors (Lipinski definition) is 2. The Morgan fingerprint density at radius 3 is 2.61 bits per heavy atom. The number of unbranched alkanes of at least 4 members (excludes halogenated alkanes) is 2. The molecule has 2 aromatic carbocycles. The minimum Gasteiger partial charge on any atom is -0.352 e. The molecule has 0 spiro atoms. The van der Waals surface area contributed by atoms with Crippen LogP contribution in [-0.4, -0.2) is 22.0 Å². The zero-order chi connectivity index (χ0) is 19.9. The molecule has 0 atom stereocenters. The van der Waals surface area contributed by atoms with Gasteiger partial charge in [0.15, 0.2) is 0 Å². The number of allylic oxidation sites excluding steroid dienone is 1. The number of aryl methyl sites for hydroxylation is 1. The van der Waals surface area contributed by atoms with Crippen molar-refractivity contribution in [2.24, 2.45) is 0 Å². The number of para-hydroxylation sites is 2. The number of nitrogens with zero attached hydrogens (tertiary/aromatic N) is 2. The van der Waals surface area contributed by atoms with Crippen LogP contribution in [0.1, 0.15) is 42.4 Å². The van der Waals surface area contributed by atoms with Gasteiger partial charge in [0.05, 0.1) is 11.0 Å². The Labute approximate surface area is 171 Å². The van der Waals surface area contributed by atoms with Gasteiger partial charge in [-0.05, 0) is 56.2 Å². The normalized spacial score (nSPS) is 10.9. The fourth-order valence-corrected chi connectivity index (χ4v) is 3.38. The summed E-state index contributed by atoms with van der Waals surface area (Å²) in [4.78, 5) is 16.9. The highest BCUT2D eigenvalue weighted by molar-refractivity contribution is 6.30. The standard InChI is InChI=1S/C23H26ClN3O/c1-17(2)16-27-21-9-6-5-8-20(21)26-22(27)10-4-3-7-15-25-23(28)18-11-13-19(24)14-12-18/h5-6,8-9,11-14H,1,3-4,7,10,15-16H2,2H3,(H,25,28). The second kappa shape index (κ2) is 9.56. The lowest BCUT2D eigenvalue weighted by molar-refractivity contribution is 0.0953. The van der Waals surface area contributed by atoms with Crippen molar-refractivity contribution in [3.63, 3.8) is 0 Å². The van der Waals surface area contributed by atoms with Gasteiger partial charge in [-0.3, -0.25) is 4.79 Å². The van der Waals surface area contributed by atoms with Crippen LogP contribution in [0.5, 0.6) is 0 Å². The first-order valence-electron chi connectivity index (χ1n) is 9.67. The van der Waals surface area contributed by atoms with Gasteiger partial charge in [-0.25, -0.2) is 4.98 Å². The lowest BCUT2D eigenvalue weighted by Gasteiger charge is -2.09. The van der Waals surface area contributed by atoms with Crippen LogP contribution in [0.25, 0.3) is 11.0 Å². The summed E-state index contributed by atoms with van der Waals surface area (Å²) in [6, 6.07) is 15.2. The molecule has 1 N–H and O–H groups in total.